The largest absolute Gasteiger partial charge is 0.492 e. The van der Waals surface area contributed by atoms with Gasteiger partial charge in [0.05, 0.1) is 31.3 Å². The van der Waals surface area contributed by atoms with E-state index in [1.165, 1.54) is 12.3 Å². The highest BCUT2D eigenvalue weighted by Crippen LogP contribution is 2.28. The molecule has 0 aliphatic carbocycles. The second-order valence-electron chi connectivity index (χ2n) is 5.10. The number of amides is 1. The summed E-state index contributed by atoms with van der Waals surface area (Å²) in [5.74, 6) is 0.400. The van der Waals surface area contributed by atoms with E-state index in [-0.39, 0.29) is 12.1 Å². The van der Waals surface area contributed by atoms with Gasteiger partial charge in [0.25, 0.3) is 5.69 Å². The normalized spacial score (nSPS) is 10.7. The summed E-state index contributed by atoms with van der Waals surface area (Å²) in [6, 6.07) is 9.93. The first kappa shape index (κ1) is 20.6. The van der Waals surface area contributed by atoms with Gasteiger partial charge in [0.2, 0.25) is 5.91 Å². The fraction of sp³-hybridized carbons (Fsp3) is 0.176. The molecule has 0 aromatic heterocycles. The van der Waals surface area contributed by atoms with Crippen LogP contribution in [-0.4, -0.2) is 23.7 Å². The van der Waals surface area contributed by atoms with Crippen LogP contribution >= 0.6 is 45.2 Å². The van der Waals surface area contributed by atoms with E-state index in [1.54, 1.807) is 18.2 Å². The zero-order chi connectivity index (χ0) is 19.1. The second kappa shape index (κ2) is 9.80. The number of halogens is 2. The molecule has 0 aliphatic heterocycles. The highest BCUT2D eigenvalue weighted by Gasteiger charge is 2.15. The molecule has 136 valence electrons. The molecular formula is C17H15I2N3O4. The van der Waals surface area contributed by atoms with Crippen molar-refractivity contribution in [3.05, 3.63) is 64.8 Å². The molecule has 9 heteroatoms. The Bertz CT molecular complexity index is 833. The fourth-order valence-corrected chi connectivity index (χ4v) is 4.29. The van der Waals surface area contributed by atoms with E-state index in [4.69, 9.17) is 4.74 Å². The first-order valence-corrected chi connectivity index (χ1v) is 9.74. The van der Waals surface area contributed by atoms with E-state index in [0.717, 1.165) is 18.5 Å². The number of hydrazone groups is 1. The van der Waals surface area contributed by atoms with E-state index >= 15 is 0 Å². The Morgan fingerprint density at radius 3 is 2.58 bits per heavy atom. The average Bonchev–Trinajstić information content (AvgIpc) is 2.58. The van der Waals surface area contributed by atoms with Crippen molar-refractivity contribution in [2.75, 3.05) is 6.61 Å². The lowest BCUT2D eigenvalue weighted by molar-refractivity contribution is -0.385. The number of nitrogens with one attached hydrogen (secondary N) is 1. The molecule has 0 fully saturated rings. The quantitative estimate of drug-likeness (QED) is 0.233. The lowest BCUT2D eigenvalue weighted by atomic mass is 10.1. The van der Waals surface area contributed by atoms with Gasteiger partial charge in [-0.25, -0.2) is 5.43 Å². The van der Waals surface area contributed by atoms with Gasteiger partial charge in [0.15, 0.2) is 0 Å². The number of carbonyl (C=O) groups excluding carboxylic acids is 1. The van der Waals surface area contributed by atoms with Crippen LogP contribution in [0.25, 0.3) is 0 Å². The molecule has 0 atom stereocenters. The zero-order valence-electron chi connectivity index (χ0n) is 13.7. The third kappa shape index (κ3) is 5.62. The minimum Gasteiger partial charge on any atom is -0.492 e. The van der Waals surface area contributed by atoms with Crippen LogP contribution in [0.4, 0.5) is 5.69 Å². The molecule has 0 radical (unpaired) electrons. The summed E-state index contributed by atoms with van der Waals surface area (Å²) in [7, 11) is 0. The van der Waals surface area contributed by atoms with E-state index in [0.29, 0.717) is 12.2 Å². The molecule has 1 N–H and O–H groups in total. The SMILES string of the molecule is CCOc1c(I)cc(/C=N/NC(=O)Cc2ccccc2[N+](=O)[O-])cc1I. The Kier molecular flexibility index (Phi) is 7.75. The molecule has 2 rings (SSSR count). The summed E-state index contributed by atoms with van der Waals surface area (Å²) >= 11 is 4.36. The Morgan fingerprint density at radius 2 is 1.96 bits per heavy atom. The van der Waals surface area contributed by atoms with Crippen LogP contribution < -0.4 is 10.2 Å². The van der Waals surface area contributed by atoms with Gasteiger partial charge < -0.3 is 4.74 Å². The van der Waals surface area contributed by atoms with Gasteiger partial charge in [0.1, 0.15) is 5.75 Å². The summed E-state index contributed by atoms with van der Waals surface area (Å²) in [6.45, 7) is 2.51. The maximum atomic E-state index is 12.0. The lowest BCUT2D eigenvalue weighted by Crippen LogP contribution is -2.20. The predicted octanol–water partition coefficient (Wildman–Crippen LogP) is 3.90. The van der Waals surface area contributed by atoms with Gasteiger partial charge in [-0.1, -0.05) is 18.2 Å². The lowest BCUT2D eigenvalue weighted by Gasteiger charge is -2.09. The number of nitro benzene ring substituents is 1. The third-order valence-electron chi connectivity index (χ3n) is 3.25. The molecule has 0 saturated heterocycles. The van der Waals surface area contributed by atoms with Crippen LogP contribution in [0, 0.1) is 17.3 Å². The standard InChI is InChI=1S/C17H15I2N3O4/c1-2-26-17-13(18)7-11(8-14(17)19)10-20-21-16(23)9-12-5-3-4-6-15(12)22(24)25/h3-8,10H,2,9H2,1H3,(H,21,23)/b20-10+. The molecular weight excluding hydrogens is 564 g/mol. The van der Waals surface area contributed by atoms with Crippen molar-refractivity contribution in [3.63, 3.8) is 0 Å². The zero-order valence-corrected chi connectivity index (χ0v) is 18.1. The maximum Gasteiger partial charge on any atom is 0.273 e. The van der Waals surface area contributed by atoms with Crippen molar-refractivity contribution >= 4 is 63.0 Å². The third-order valence-corrected chi connectivity index (χ3v) is 4.85. The summed E-state index contributed by atoms with van der Waals surface area (Å²) in [6.07, 6.45) is 1.41. The summed E-state index contributed by atoms with van der Waals surface area (Å²) in [5.41, 5.74) is 3.47. The van der Waals surface area contributed by atoms with Crippen molar-refractivity contribution < 1.29 is 14.5 Å². The molecule has 0 aliphatic rings. The predicted molar refractivity (Wildman–Crippen MR) is 116 cm³/mol. The number of nitrogens with zero attached hydrogens (tertiary/aromatic N) is 2. The molecule has 2 aromatic carbocycles. The number of benzene rings is 2. The van der Waals surface area contributed by atoms with E-state index in [9.17, 15) is 14.9 Å². The first-order valence-electron chi connectivity index (χ1n) is 7.58. The van der Waals surface area contributed by atoms with Crippen LogP contribution in [0.1, 0.15) is 18.1 Å². The number of rotatable bonds is 7. The highest BCUT2D eigenvalue weighted by atomic mass is 127. The van der Waals surface area contributed by atoms with Crippen LogP contribution in [0.2, 0.25) is 0 Å². The molecule has 0 bridgehead atoms. The Hall–Kier alpha value is -1.76. The van der Waals surface area contributed by atoms with Crippen molar-refractivity contribution in [2.45, 2.75) is 13.3 Å². The van der Waals surface area contributed by atoms with Crippen molar-refractivity contribution in [3.8, 4) is 5.75 Å². The van der Waals surface area contributed by atoms with Crippen molar-refractivity contribution in [1.82, 2.24) is 5.43 Å². The first-order chi connectivity index (χ1) is 12.4. The highest BCUT2D eigenvalue weighted by molar-refractivity contribution is 14.1. The van der Waals surface area contributed by atoms with Crippen LogP contribution in [0.5, 0.6) is 5.75 Å². The molecule has 0 unspecified atom stereocenters. The van der Waals surface area contributed by atoms with E-state index in [2.05, 4.69) is 55.7 Å². The van der Waals surface area contributed by atoms with Crippen LogP contribution in [-0.2, 0) is 11.2 Å². The average molecular weight is 579 g/mol. The second-order valence-corrected chi connectivity index (χ2v) is 7.43. The maximum absolute atomic E-state index is 12.0. The molecule has 26 heavy (non-hydrogen) atoms. The summed E-state index contributed by atoms with van der Waals surface area (Å²) < 4.78 is 7.47. The molecule has 2 aromatic rings. The summed E-state index contributed by atoms with van der Waals surface area (Å²) in [4.78, 5) is 22.4. The topological polar surface area (TPSA) is 93.8 Å². The fourth-order valence-electron chi connectivity index (χ4n) is 2.17. The number of para-hydroxylation sites is 1. The number of hydrogen-bond donors (Lipinski definition) is 1. The monoisotopic (exact) mass is 579 g/mol. The van der Waals surface area contributed by atoms with Gasteiger partial charge >= 0.3 is 0 Å². The molecule has 0 heterocycles. The molecule has 7 nitrogen and oxygen atoms in total. The van der Waals surface area contributed by atoms with Gasteiger partial charge in [-0.05, 0) is 69.8 Å². The van der Waals surface area contributed by atoms with Gasteiger partial charge in [-0.2, -0.15) is 5.10 Å². The Balaban J connectivity index is 2.03. The van der Waals surface area contributed by atoms with E-state index < -0.39 is 10.8 Å². The number of nitro groups is 1. The summed E-state index contributed by atoms with van der Waals surface area (Å²) in [5, 5.41) is 14.9. The number of ether oxygens (including phenoxy) is 1. The van der Waals surface area contributed by atoms with Gasteiger partial charge in [-0.15, -0.1) is 0 Å². The van der Waals surface area contributed by atoms with Crippen LogP contribution in [0.3, 0.4) is 0 Å². The Morgan fingerprint density at radius 1 is 1.31 bits per heavy atom. The van der Waals surface area contributed by atoms with Crippen molar-refractivity contribution in [1.29, 1.82) is 0 Å². The van der Waals surface area contributed by atoms with Gasteiger partial charge in [-0.3, -0.25) is 14.9 Å². The van der Waals surface area contributed by atoms with Crippen LogP contribution in [0.15, 0.2) is 41.5 Å². The van der Waals surface area contributed by atoms with Gasteiger partial charge in [0, 0.05) is 11.6 Å². The van der Waals surface area contributed by atoms with Crippen molar-refractivity contribution in [2.24, 2.45) is 5.10 Å². The molecule has 0 saturated carbocycles. The number of hydrogen-bond acceptors (Lipinski definition) is 5. The number of carbonyl (C=O) groups is 1. The van der Waals surface area contributed by atoms with E-state index in [1.807, 2.05) is 19.1 Å². The smallest absolute Gasteiger partial charge is 0.273 e. The minimum atomic E-state index is -0.504. The molecule has 0 spiro atoms. The molecule has 1 amide bonds. The Labute approximate surface area is 177 Å². The minimum absolute atomic E-state index is 0.0813.